The van der Waals surface area contributed by atoms with Crippen molar-refractivity contribution in [3.8, 4) is 0 Å². The fourth-order valence-electron chi connectivity index (χ4n) is 1.95. The van der Waals surface area contributed by atoms with E-state index in [2.05, 4.69) is 11.1 Å². The molecule has 0 saturated heterocycles. The third-order valence-electron chi connectivity index (χ3n) is 3.13. The molecule has 0 aromatic carbocycles. The smallest absolute Gasteiger partial charge is 0.726 e. The Bertz CT molecular complexity index is 295. The van der Waals surface area contributed by atoms with E-state index in [1.54, 1.807) is 0 Å². The molecule has 0 radical (unpaired) electrons. The van der Waals surface area contributed by atoms with Crippen molar-refractivity contribution in [1.82, 2.24) is 0 Å². The number of ether oxygens (including phenoxy) is 1. The summed E-state index contributed by atoms with van der Waals surface area (Å²) in [5, 5.41) is 0. The van der Waals surface area contributed by atoms with Gasteiger partial charge in [0.15, 0.2) is 0 Å². The molecule has 0 N–H and O–H groups in total. The molecular weight excluding hydrogens is 311 g/mol. The van der Waals surface area contributed by atoms with E-state index in [1.807, 2.05) is 13.8 Å². The molecule has 23 heavy (non-hydrogen) atoms. The van der Waals surface area contributed by atoms with Gasteiger partial charge < -0.3 is 9.29 Å². The molecule has 136 valence electrons. The van der Waals surface area contributed by atoms with Crippen LogP contribution in [0.4, 0.5) is 0 Å². The Morgan fingerprint density at radius 2 is 1.13 bits per heavy atom. The first-order valence-electron chi connectivity index (χ1n) is 8.65. The summed E-state index contributed by atoms with van der Waals surface area (Å²) in [4.78, 5) is 0. The quantitative estimate of drug-likeness (QED) is 0.206. The summed E-state index contributed by atoms with van der Waals surface area (Å²) in [6, 6.07) is 0. The Balaban J connectivity index is -0.000000578. The van der Waals surface area contributed by atoms with E-state index in [1.165, 1.54) is 44.9 Å². The van der Waals surface area contributed by atoms with Crippen LogP contribution in [0.1, 0.15) is 85.0 Å². The normalized spacial score (nSPS) is 10.6. The van der Waals surface area contributed by atoms with Crippen LogP contribution in [0.15, 0.2) is 0 Å². The first-order chi connectivity index (χ1) is 10.5. The molecule has 5 nitrogen and oxygen atoms in total. The van der Waals surface area contributed by atoms with Gasteiger partial charge in [-0.3, -0.25) is 4.18 Å². The van der Waals surface area contributed by atoms with E-state index < -0.39 is 10.4 Å². The summed E-state index contributed by atoms with van der Waals surface area (Å²) >= 11 is 0. The maximum absolute atomic E-state index is 10.1. The van der Waals surface area contributed by atoms with Crippen molar-refractivity contribution in [1.29, 1.82) is 0 Å². The number of hydrogen-bond acceptors (Lipinski definition) is 5. The van der Waals surface area contributed by atoms with Crippen LogP contribution in [-0.2, 0) is 19.3 Å². The van der Waals surface area contributed by atoms with Crippen LogP contribution in [-0.4, -0.2) is 32.8 Å². The van der Waals surface area contributed by atoms with E-state index in [0.717, 1.165) is 26.1 Å². The zero-order valence-electron chi connectivity index (χ0n) is 15.6. The van der Waals surface area contributed by atoms with Gasteiger partial charge >= 0.3 is 18.9 Å². The summed E-state index contributed by atoms with van der Waals surface area (Å²) in [6.07, 6.45) is 11.7. The Labute approximate surface area is 156 Å². The van der Waals surface area contributed by atoms with Crippen molar-refractivity contribution in [2.24, 2.45) is 0 Å². The SMILES string of the molecule is CCCCCCCCCCCCOS(=O)(=O)[O-].CCOCC.[Li+]. The predicted molar refractivity (Wildman–Crippen MR) is 89.7 cm³/mol. The maximum atomic E-state index is 10.1. The van der Waals surface area contributed by atoms with Crippen LogP contribution in [0.25, 0.3) is 0 Å². The third kappa shape index (κ3) is 34.7. The average Bonchev–Trinajstić information content (AvgIpc) is 2.45. The van der Waals surface area contributed by atoms with Crippen molar-refractivity contribution in [3.05, 3.63) is 0 Å². The molecule has 0 rings (SSSR count). The van der Waals surface area contributed by atoms with Crippen LogP contribution in [0, 0.1) is 0 Å². The predicted octanol–water partition coefficient (Wildman–Crippen LogP) is 1.43. The molecule has 0 amide bonds. The minimum Gasteiger partial charge on any atom is -0.726 e. The van der Waals surface area contributed by atoms with Gasteiger partial charge in [-0.05, 0) is 20.3 Å². The number of hydrogen-bond donors (Lipinski definition) is 0. The average molecular weight is 346 g/mol. The van der Waals surface area contributed by atoms with Crippen LogP contribution < -0.4 is 18.9 Å². The van der Waals surface area contributed by atoms with Crippen molar-refractivity contribution in [2.75, 3.05) is 19.8 Å². The van der Waals surface area contributed by atoms with Crippen molar-refractivity contribution >= 4 is 10.4 Å². The summed E-state index contributed by atoms with van der Waals surface area (Å²) in [7, 11) is -4.48. The molecule has 7 heteroatoms. The van der Waals surface area contributed by atoms with E-state index >= 15 is 0 Å². The molecule has 0 aliphatic carbocycles. The Morgan fingerprint density at radius 1 is 0.739 bits per heavy atom. The molecular formula is C16H35LiO5S. The molecule has 0 bridgehead atoms. The number of rotatable bonds is 14. The van der Waals surface area contributed by atoms with E-state index in [-0.39, 0.29) is 25.5 Å². The van der Waals surface area contributed by atoms with Gasteiger partial charge in [0.1, 0.15) is 0 Å². The number of unbranched alkanes of at least 4 members (excludes halogenated alkanes) is 9. The fourth-order valence-corrected chi connectivity index (χ4v) is 2.28. The standard InChI is InChI=1S/C12H26O4S.C4H10O.Li/c1-2-3-4-5-6-7-8-9-10-11-12-16-17(13,14)15;1-3-5-4-2;/h2-12H2,1H3,(H,13,14,15);3-4H2,1-2H3;/q;;+1/p-1. The maximum Gasteiger partial charge on any atom is 1.00 e. The fraction of sp³-hybridized carbons (Fsp3) is 1.00. The molecule has 0 aliphatic heterocycles. The van der Waals surface area contributed by atoms with Gasteiger partial charge in [0.2, 0.25) is 10.4 Å². The molecule has 0 aromatic rings. The van der Waals surface area contributed by atoms with Gasteiger partial charge in [0, 0.05) is 13.2 Å². The molecule has 0 aliphatic rings. The molecule has 0 saturated carbocycles. The Morgan fingerprint density at radius 3 is 1.43 bits per heavy atom. The van der Waals surface area contributed by atoms with Gasteiger partial charge in [-0.25, -0.2) is 8.42 Å². The van der Waals surface area contributed by atoms with Gasteiger partial charge in [0.05, 0.1) is 6.61 Å². The van der Waals surface area contributed by atoms with E-state index in [0.29, 0.717) is 6.42 Å². The van der Waals surface area contributed by atoms with Crippen LogP contribution in [0.2, 0.25) is 0 Å². The molecule has 0 heterocycles. The Hall–Kier alpha value is 0.427. The van der Waals surface area contributed by atoms with Gasteiger partial charge in [0.25, 0.3) is 0 Å². The minimum absolute atomic E-state index is 0. The zero-order chi connectivity index (χ0) is 17.1. The molecule has 0 atom stereocenters. The summed E-state index contributed by atoms with van der Waals surface area (Å²) in [6.45, 7) is 7.91. The van der Waals surface area contributed by atoms with E-state index in [4.69, 9.17) is 4.74 Å². The summed E-state index contributed by atoms with van der Waals surface area (Å²) in [5.74, 6) is 0. The van der Waals surface area contributed by atoms with Crippen LogP contribution in [0.3, 0.4) is 0 Å². The van der Waals surface area contributed by atoms with E-state index in [9.17, 15) is 13.0 Å². The largest absolute Gasteiger partial charge is 1.00 e. The van der Waals surface area contributed by atoms with Crippen molar-refractivity contribution in [3.63, 3.8) is 0 Å². The second-order valence-corrected chi connectivity index (χ2v) is 6.25. The third-order valence-corrected chi connectivity index (χ3v) is 3.59. The van der Waals surface area contributed by atoms with Crippen molar-refractivity contribution in [2.45, 2.75) is 85.0 Å². The molecule has 0 unspecified atom stereocenters. The topological polar surface area (TPSA) is 75.7 Å². The van der Waals surface area contributed by atoms with Crippen LogP contribution in [0.5, 0.6) is 0 Å². The second-order valence-electron chi connectivity index (χ2n) is 5.19. The van der Waals surface area contributed by atoms with Gasteiger partial charge in [-0.1, -0.05) is 64.7 Å². The molecule has 0 aromatic heterocycles. The van der Waals surface area contributed by atoms with Gasteiger partial charge in [-0.15, -0.1) is 0 Å². The molecule has 0 spiro atoms. The second kappa shape index (κ2) is 22.4. The molecule has 0 fully saturated rings. The first-order valence-corrected chi connectivity index (χ1v) is 9.99. The monoisotopic (exact) mass is 346 g/mol. The van der Waals surface area contributed by atoms with Crippen molar-refractivity contribution < 1.29 is 40.8 Å². The van der Waals surface area contributed by atoms with Crippen LogP contribution >= 0.6 is 0 Å². The first kappa shape index (κ1) is 28.2. The van der Waals surface area contributed by atoms with Gasteiger partial charge in [-0.2, -0.15) is 0 Å². The summed E-state index contributed by atoms with van der Waals surface area (Å²) < 4.78 is 39.3. The zero-order valence-corrected chi connectivity index (χ0v) is 16.5. The minimum atomic E-state index is -4.48. The summed E-state index contributed by atoms with van der Waals surface area (Å²) in [5.41, 5.74) is 0. The Kier molecular flexibility index (Phi) is 27.5.